The molecule has 0 unspecified atom stereocenters. The number of aliphatic hydroxyl groups is 3. The van der Waals surface area contributed by atoms with Crippen molar-refractivity contribution in [3.8, 4) is 0 Å². The van der Waals surface area contributed by atoms with Crippen LogP contribution in [-0.2, 0) is 23.9 Å². The Balaban J connectivity index is 1.49. The number of aliphatic hydroxyl groups excluding tert-OH is 1. The number of hydrogen-bond acceptors (Lipinski definition) is 8. The van der Waals surface area contributed by atoms with Gasteiger partial charge in [0.2, 0.25) is 0 Å². The Labute approximate surface area is 294 Å². The summed E-state index contributed by atoms with van der Waals surface area (Å²) in [6.45, 7) is 12.7. The number of hydrogen-bond donors (Lipinski definition) is 3. The number of Topliss-reactive ketones (excluding diaryl/α,β-unsaturated/α-hetero) is 1. The van der Waals surface area contributed by atoms with Gasteiger partial charge in [-0.15, -0.1) is 0 Å². The van der Waals surface area contributed by atoms with Crippen LogP contribution < -0.4 is 0 Å². The summed E-state index contributed by atoms with van der Waals surface area (Å²) in [6, 6.07) is 0. The molecule has 0 radical (unpaired) electrons. The number of ketones is 1. The van der Waals surface area contributed by atoms with Crippen molar-refractivity contribution in [3.05, 3.63) is 34.9 Å². The number of carbonyl (C=O) groups excluding carboxylic acids is 3. The van der Waals surface area contributed by atoms with E-state index in [-0.39, 0.29) is 12.8 Å². The van der Waals surface area contributed by atoms with Gasteiger partial charge in [-0.25, -0.2) is 4.79 Å². The van der Waals surface area contributed by atoms with Gasteiger partial charge in [-0.1, -0.05) is 122 Å². The minimum Gasteiger partial charge on any atom is -0.458 e. The maximum Gasteiger partial charge on any atom is 0.331 e. The lowest BCUT2D eigenvalue weighted by Gasteiger charge is -2.53. The first-order valence-corrected chi connectivity index (χ1v) is 19.2. The molecule has 0 aliphatic heterocycles. The number of ether oxygens (including phenoxy) is 2. The Kier molecular flexibility index (Phi) is 12.8. The standard InChI is InChI=1S/C41H64O8/c1-8-9-10-11-12-13-14-15-16-17-18-19-20-21-33(43)48-37-29(5)40(47)31(35-38(6,7)41(35,37)49-34(44)22-27(2)3)24-30(26-42)25-39(46)32(40)23-28(4)36(39)45/h22-24,29,31-32,35,37,42,46-47H,8-21,25-26H2,1-7H3/t29-,31+,32-,35-,37-,39-,40-,41-/m1/s1. The Bertz CT molecular complexity index is 1310. The highest BCUT2D eigenvalue weighted by Gasteiger charge is 2.87. The van der Waals surface area contributed by atoms with Crippen LogP contribution in [0.4, 0.5) is 0 Å². The van der Waals surface area contributed by atoms with Crippen molar-refractivity contribution in [1.29, 1.82) is 0 Å². The minimum atomic E-state index is -1.95. The second-order valence-corrected chi connectivity index (χ2v) is 16.5. The highest BCUT2D eigenvalue weighted by atomic mass is 16.6. The number of carbonyl (C=O) groups is 3. The van der Waals surface area contributed by atoms with Gasteiger partial charge in [-0.2, -0.15) is 0 Å². The van der Waals surface area contributed by atoms with Gasteiger partial charge < -0.3 is 24.8 Å². The molecular formula is C41H64O8. The second-order valence-electron chi connectivity index (χ2n) is 16.5. The van der Waals surface area contributed by atoms with Gasteiger partial charge in [0, 0.05) is 48.0 Å². The molecule has 2 saturated carbocycles. The van der Waals surface area contributed by atoms with Crippen molar-refractivity contribution in [2.75, 3.05) is 6.61 Å². The monoisotopic (exact) mass is 684 g/mol. The molecule has 276 valence electrons. The molecule has 49 heavy (non-hydrogen) atoms. The molecule has 0 spiro atoms. The second kappa shape index (κ2) is 15.9. The fourth-order valence-electron chi connectivity index (χ4n) is 9.74. The first-order valence-electron chi connectivity index (χ1n) is 19.2. The zero-order valence-corrected chi connectivity index (χ0v) is 31.3. The third kappa shape index (κ3) is 7.53. The van der Waals surface area contributed by atoms with Crippen LogP contribution in [0, 0.1) is 29.1 Å². The van der Waals surface area contributed by atoms with E-state index in [2.05, 4.69) is 6.92 Å². The van der Waals surface area contributed by atoms with Crippen LogP contribution in [0.2, 0.25) is 0 Å². The SMILES string of the molecule is CCCCCCCCCCCCCCCC(=O)O[C@@H]1[C@@H](C)[C@@]2(O)[C@@H](C=C(CO)C[C@]3(O)C(=O)C(C)=C[C@@H]23)[C@@H]2C(C)(C)[C@]12OC(=O)C=C(C)C. The van der Waals surface area contributed by atoms with E-state index in [0.29, 0.717) is 17.6 Å². The van der Waals surface area contributed by atoms with E-state index >= 15 is 0 Å². The summed E-state index contributed by atoms with van der Waals surface area (Å²) in [6.07, 6.45) is 19.5. The third-order valence-electron chi connectivity index (χ3n) is 12.4. The predicted molar refractivity (Wildman–Crippen MR) is 190 cm³/mol. The Morgan fingerprint density at radius 1 is 0.918 bits per heavy atom. The van der Waals surface area contributed by atoms with Crippen molar-refractivity contribution < 1.29 is 39.2 Å². The van der Waals surface area contributed by atoms with Gasteiger partial charge in [-0.3, -0.25) is 9.59 Å². The molecule has 3 N–H and O–H groups in total. The number of esters is 2. The highest BCUT2D eigenvalue weighted by molar-refractivity contribution is 6.04. The average Bonchev–Trinajstić information content (AvgIpc) is 3.46. The molecule has 2 fully saturated rings. The van der Waals surface area contributed by atoms with Crippen molar-refractivity contribution >= 4 is 17.7 Å². The van der Waals surface area contributed by atoms with Crippen molar-refractivity contribution in [2.24, 2.45) is 29.1 Å². The van der Waals surface area contributed by atoms with Crippen LogP contribution in [0.25, 0.3) is 0 Å². The van der Waals surface area contributed by atoms with Crippen molar-refractivity contribution in [2.45, 2.75) is 168 Å². The normalized spacial score (nSPS) is 34.1. The molecule has 4 aliphatic rings. The molecule has 0 bridgehead atoms. The van der Waals surface area contributed by atoms with E-state index in [9.17, 15) is 29.7 Å². The molecule has 0 saturated heterocycles. The van der Waals surface area contributed by atoms with E-state index in [0.717, 1.165) is 24.8 Å². The molecule has 0 aromatic carbocycles. The first-order chi connectivity index (χ1) is 23.1. The van der Waals surface area contributed by atoms with Crippen LogP contribution >= 0.6 is 0 Å². The number of unbranched alkanes of at least 4 members (excludes halogenated alkanes) is 12. The Hall–Kier alpha value is -2.29. The summed E-state index contributed by atoms with van der Waals surface area (Å²) >= 11 is 0. The van der Waals surface area contributed by atoms with Gasteiger partial charge in [0.25, 0.3) is 0 Å². The molecule has 4 aliphatic carbocycles. The van der Waals surface area contributed by atoms with E-state index < -0.39 is 76.3 Å². The molecule has 8 atom stereocenters. The topological polar surface area (TPSA) is 130 Å². The summed E-state index contributed by atoms with van der Waals surface area (Å²) in [4.78, 5) is 40.2. The summed E-state index contributed by atoms with van der Waals surface area (Å²) in [5.41, 5.74) is -4.10. The molecule has 4 rings (SSSR count). The van der Waals surface area contributed by atoms with Crippen LogP contribution in [0.3, 0.4) is 0 Å². The van der Waals surface area contributed by atoms with Crippen molar-refractivity contribution in [3.63, 3.8) is 0 Å². The fourth-order valence-corrected chi connectivity index (χ4v) is 9.74. The van der Waals surface area contributed by atoms with Crippen LogP contribution in [0.5, 0.6) is 0 Å². The van der Waals surface area contributed by atoms with Crippen molar-refractivity contribution in [1.82, 2.24) is 0 Å². The summed E-state index contributed by atoms with van der Waals surface area (Å²) in [7, 11) is 0. The lowest BCUT2D eigenvalue weighted by molar-refractivity contribution is -0.227. The fraction of sp³-hybridized carbons (Fsp3) is 0.780. The largest absolute Gasteiger partial charge is 0.458 e. The number of fused-ring (bicyclic) bond motifs is 5. The molecule has 0 aromatic rings. The highest BCUT2D eigenvalue weighted by Crippen LogP contribution is 2.77. The summed E-state index contributed by atoms with van der Waals surface area (Å²) < 4.78 is 12.6. The zero-order chi connectivity index (χ0) is 36.2. The van der Waals surface area contributed by atoms with E-state index in [1.807, 2.05) is 13.8 Å². The number of allylic oxidation sites excluding steroid dienone is 1. The van der Waals surface area contributed by atoms with Crippen LogP contribution in [-0.4, -0.2) is 62.6 Å². The maximum absolute atomic E-state index is 13.5. The van der Waals surface area contributed by atoms with Crippen LogP contribution in [0.15, 0.2) is 34.9 Å². The lowest BCUT2D eigenvalue weighted by Crippen LogP contribution is -2.66. The molecule has 0 heterocycles. The average molecular weight is 685 g/mol. The minimum absolute atomic E-state index is 0.117. The summed E-state index contributed by atoms with van der Waals surface area (Å²) in [5.74, 6) is -4.46. The molecule has 8 heteroatoms. The zero-order valence-electron chi connectivity index (χ0n) is 31.3. The molecule has 0 aromatic heterocycles. The van der Waals surface area contributed by atoms with E-state index in [1.165, 1.54) is 63.9 Å². The van der Waals surface area contributed by atoms with E-state index in [1.54, 1.807) is 39.8 Å². The van der Waals surface area contributed by atoms with Gasteiger partial charge in [0.05, 0.1) is 12.2 Å². The smallest absolute Gasteiger partial charge is 0.331 e. The number of rotatable bonds is 18. The lowest BCUT2D eigenvalue weighted by atomic mass is 9.59. The molecule has 8 nitrogen and oxygen atoms in total. The maximum atomic E-state index is 13.5. The summed E-state index contributed by atoms with van der Waals surface area (Å²) in [5, 5.41) is 35.2. The van der Waals surface area contributed by atoms with Gasteiger partial charge >= 0.3 is 11.9 Å². The Morgan fingerprint density at radius 3 is 2.00 bits per heavy atom. The molecule has 0 amide bonds. The Morgan fingerprint density at radius 2 is 1.47 bits per heavy atom. The molecular weight excluding hydrogens is 620 g/mol. The van der Waals surface area contributed by atoms with Crippen LogP contribution in [0.1, 0.15) is 145 Å². The quantitative estimate of drug-likeness (QED) is 0.0587. The van der Waals surface area contributed by atoms with Gasteiger partial charge in [0.15, 0.2) is 11.4 Å². The third-order valence-corrected chi connectivity index (χ3v) is 12.4. The first kappa shape index (κ1) is 39.5. The van der Waals surface area contributed by atoms with E-state index in [4.69, 9.17) is 9.47 Å². The van der Waals surface area contributed by atoms with Gasteiger partial charge in [0.1, 0.15) is 11.7 Å². The van der Waals surface area contributed by atoms with Gasteiger partial charge in [-0.05, 0) is 38.3 Å². The predicted octanol–water partition coefficient (Wildman–Crippen LogP) is 7.48.